The summed E-state index contributed by atoms with van der Waals surface area (Å²) in [7, 11) is 0. The van der Waals surface area contributed by atoms with Crippen molar-refractivity contribution >= 4 is 29.4 Å². The van der Waals surface area contributed by atoms with Crippen molar-refractivity contribution in [2.45, 2.75) is 58.8 Å². The number of benzene rings is 2. The fraction of sp³-hybridized carbons (Fsp3) is 0.385. The first-order valence-electron chi connectivity index (χ1n) is 11.5. The fourth-order valence-corrected chi connectivity index (χ4v) is 3.11. The quantitative estimate of drug-likeness (QED) is 0.251. The summed E-state index contributed by atoms with van der Waals surface area (Å²) in [6.45, 7) is 4.28. The second kappa shape index (κ2) is 14.5. The van der Waals surface area contributed by atoms with Crippen molar-refractivity contribution in [2.75, 3.05) is 11.9 Å². The number of amides is 3. The van der Waals surface area contributed by atoms with Crippen LogP contribution < -0.4 is 16.2 Å². The van der Waals surface area contributed by atoms with Gasteiger partial charge < -0.3 is 10.1 Å². The van der Waals surface area contributed by atoms with Gasteiger partial charge in [-0.1, -0.05) is 36.4 Å². The van der Waals surface area contributed by atoms with Crippen LogP contribution >= 0.6 is 0 Å². The van der Waals surface area contributed by atoms with E-state index in [0.29, 0.717) is 18.7 Å². The highest BCUT2D eigenvalue weighted by atomic mass is 16.5. The molecule has 0 heterocycles. The van der Waals surface area contributed by atoms with Crippen LogP contribution in [0.25, 0.3) is 0 Å². The Kier molecular flexibility index (Phi) is 11.3. The molecular weight excluding hydrogens is 434 g/mol. The summed E-state index contributed by atoms with van der Waals surface area (Å²) < 4.78 is 5.17. The number of carbonyl (C=O) groups is 4. The minimum atomic E-state index is -0.471. The zero-order chi connectivity index (χ0) is 24.8. The minimum Gasteiger partial charge on any atom is -0.466 e. The van der Waals surface area contributed by atoms with Gasteiger partial charge in [0.25, 0.3) is 0 Å². The summed E-state index contributed by atoms with van der Waals surface area (Å²) in [5.41, 5.74) is 8.63. The molecule has 0 aliphatic heterocycles. The summed E-state index contributed by atoms with van der Waals surface area (Å²) in [4.78, 5) is 47.4. The van der Waals surface area contributed by atoms with E-state index in [4.69, 9.17) is 4.74 Å². The average Bonchev–Trinajstić information content (AvgIpc) is 2.82. The van der Waals surface area contributed by atoms with Crippen molar-refractivity contribution in [3.8, 4) is 0 Å². The molecule has 34 heavy (non-hydrogen) atoms. The third kappa shape index (κ3) is 10.8. The second-order valence-electron chi connectivity index (χ2n) is 8.11. The monoisotopic (exact) mass is 467 g/mol. The Hall–Kier alpha value is -3.68. The molecule has 3 amide bonds. The molecule has 8 heteroatoms. The Morgan fingerprint density at radius 3 is 2.12 bits per heavy atom. The number of anilines is 1. The predicted molar refractivity (Wildman–Crippen MR) is 130 cm³/mol. The first kappa shape index (κ1) is 26.6. The third-order valence-electron chi connectivity index (χ3n) is 5.21. The smallest absolute Gasteiger partial charge is 0.305 e. The molecule has 0 fully saturated rings. The highest BCUT2D eigenvalue weighted by Gasteiger charge is 2.10. The molecule has 0 bridgehead atoms. The summed E-state index contributed by atoms with van der Waals surface area (Å²) in [5.74, 6) is -1.52. The molecule has 2 aromatic rings. The van der Waals surface area contributed by atoms with E-state index >= 15 is 0 Å². The Bertz CT molecular complexity index is 976. The predicted octanol–water partition coefficient (Wildman–Crippen LogP) is 3.52. The minimum absolute atomic E-state index is 0.00919. The first-order chi connectivity index (χ1) is 16.3. The first-order valence-corrected chi connectivity index (χ1v) is 11.5. The van der Waals surface area contributed by atoms with E-state index in [2.05, 4.69) is 16.2 Å². The van der Waals surface area contributed by atoms with Crippen LogP contribution in [0.15, 0.2) is 48.5 Å². The molecule has 182 valence electrons. The highest BCUT2D eigenvalue weighted by molar-refractivity contribution is 5.93. The molecule has 0 saturated heterocycles. The van der Waals surface area contributed by atoms with E-state index in [-0.39, 0.29) is 37.6 Å². The number of hydrogen-bond acceptors (Lipinski definition) is 5. The number of esters is 1. The summed E-state index contributed by atoms with van der Waals surface area (Å²) in [6, 6.07) is 15.5. The molecule has 0 unspecified atom stereocenters. The van der Waals surface area contributed by atoms with Crippen molar-refractivity contribution in [1.82, 2.24) is 10.9 Å². The van der Waals surface area contributed by atoms with Crippen molar-refractivity contribution in [2.24, 2.45) is 0 Å². The van der Waals surface area contributed by atoms with E-state index in [1.54, 1.807) is 6.07 Å². The van der Waals surface area contributed by atoms with Gasteiger partial charge in [-0.15, -0.1) is 0 Å². The van der Waals surface area contributed by atoms with Crippen LogP contribution in [-0.4, -0.2) is 30.3 Å². The largest absolute Gasteiger partial charge is 0.466 e. The number of rotatable bonds is 12. The lowest BCUT2D eigenvalue weighted by Gasteiger charge is -2.09. The van der Waals surface area contributed by atoms with E-state index in [9.17, 15) is 19.2 Å². The van der Waals surface area contributed by atoms with E-state index in [1.807, 2.05) is 56.3 Å². The second-order valence-corrected chi connectivity index (χ2v) is 8.11. The number of nitrogens with one attached hydrogen (secondary N) is 3. The van der Waals surface area contributed by atoms with Crippen LogP contribution in [0.3, 0.4) is 0 Å². The lowest BCUT2D eigenvalue weighted by molar-refractivity contribution is -0.144. The van der Waals surface area contributed by atoms with Gasteiger partial charge >= 0.3 is 5.97 Å². The maximum absolute atomic E-state index is 12.0. The Morgan fingerprint density at radius 1 is 0.735 bits per heavy atom. The van der Waals surface area contributed by atoms with Crippen molar-refractivity contribution in [3.63, 3.8) is 0 Å². The Labute approximate surface area is 200 Å². The van der Waals surface area contributed by atoms with Crippen LogP contribution in [-0.2, 0) is 30.3 Å². The normalized spacial score (nSPS) is 10.3. The molecular formula is C26H33N3O5. The van der Waals surface area contributed by atoms with Crippen LogP contribution in [0.5, 0.6) is 0 Å². The van der Waals surface area contributed by atoms with Crippen LogP contribution in [0.2, 0.25) is 0 Å². The summed E-state index contributed by atoms with van der Waals surface area (Å²) in [6.07, 6.45) is 2.03. The summed E-state index contributed by atoms with van der Waals surface area (Å²) in [5, 5.41) is 2.75. The van der Waals surface area contributed by atoms with Crippen molar-refractivity contribution < 1.29 is 23.9 Å². The van der Waals surface area contributed by atoms with E-state index < -0.39 is 11.8 Å². The Morgan fingerprint density at radius 2 is 1.41 bits per heavy atom. The highest BCUT2D eigenvalue weighted by Crippen LogP contribution is 2.14. The van der Waals surface area contributed by atoms with Crippen LogP contribution in [0.4, 0.5) is 5.69 Å². The van der Waals surface area contributed by atoms with Crippen molar-refractivity contribution in [3.05, 3.63) is 65.2 Å². The van der Waals surface area contributed by atoms with Crippen molar-refractivity contribution in [1.29, 1.82) is 0 Å². The van der Waals surface area contributed by atoms with E-state index in [0.717, 1.165) is 24.0 Å². The lowest BCUT2D eigenvalue weighted by Crippen LogP contribution is -2.41. The zero-order valence-electron chi connectivity index (χ0n) is 19.8. The lowest BCUT2D eigenvalue weighted by atomic mass is 10.1. The number of ether oxygens (including phenoxy) is 1. The van der Waals surface area contributed by atoms with Gasteiger partial charge in [-0.25, -0.2) is 0 Å². The number of hydrazine groups is 1. The fourth-order valence-electron chi connectivity index (χ4n) is 3.11. The van der Waals surface area contributed by atoms with E-state index in [1.165, 1.54) is 5.56 Å². The number of carbonyl (C=O) groups excluding carboxylic acids is 4. The summed E-state index contributed by atoms with van der Waals surface area (Å²) >= 11 is 0. The molecule has 2 aromatic carbocycles. The standard InChI is InChI=1S/C26H33N3O5/c1-19-13-14-22(18-20(19)2)27-23(30)15-16-25(32)29-28-24(31)11-6-12-26(33)34-17-7-10-21-8-4-3-5-9-21/h3-5,8-9,13-14,18H,6-7,10-12,15-17H2,1-2H3,(H,27,30)(H,28,31)(H,29,32). The van der Waals surface area contributed by atoms with Gasteiger partial charge in [0.2, 0.25) is 17.7 Å². The van der Waals surface area contributed by atoms with Gasteiger partial charge in [-0.05, 0) is 61.9 Å². The maximum atomic E-state index is 12.0. The zero-order valence-corrected chi connectivity index (χ0v) is 19.8. The molecule has 0 saturated carbocycles. The molecule has 0 aliphatic rings. The average molecular weight is 468 g/mol. The number of hydrogen-bond donors (Lipinski definition) is 3. The SMILES string of the molecule is Cc1ccc(NC(=O)CCC(=O)NNC(=O)CCCC(=O)OCCCc2ccccc2)cc1C. The third-order valence-corrected chi connectivity index (χ3v) is 5.21. The van der Waals surface area contributed by atoms with Crippen LogP contribution in [0, 0.1) is 13.8 Å². The number of aryl methyl sites for hydroxylation is 3. The van der Waals surface area contributed by atoms with Gasteiger partial charge in [0, 0.05) is 31.4 Å². The molecule has 0 spiro atoms. The van der Waals surface area contributed by atoms with Gasteiger partial charge in [0.15, 0.2) is 0 Å². The van der Waals surface area contributed by atoms with Gasteiger partial charge in [-0.3, -0.25) is 30.0 Å². The van der Waals surface area contributed by atoms with Gasteiger partial charge in [0.05, 0.1) is 6.61 Å². The van der Waals surface area contributed by atoms with Gasteiger partial charge in [-0.2, -0.15) is 0 Å². The van der Waals surface area contributed by atoms with Gasteiger partial charge in [0.1, 0.15) is 0 Å². The topological polar surface area (TPSA) is 114 Å². The molecule has 0 aromatic heterocycles. The molecule has 3 N–H and O–H groups in total. The molecule has 0 atom stereocenters. The molecule has 2 rings (SSSR count). The molecule has 8 nitrogen and oxygen atoms in total. The van der Waals surface area contributed by atoms with Crippen LogP contribution in [0.1, 0.15) is 55.2 Å². The Balaban J connectivity index is 1.50. The molecule has 0 radical (unpaired) electrons. The molecule has 0 aliphatic carbocycles. The maximum Gasteiger partial charge on any atom is 0.305 e.